The lowest BCUT2D eigenvalue weighted by atomic mass is 10.0. The molecular weight excluding hydrogens is 389 g/mol. The van der Waals surface area contributed by atoms with Crippen molar-refractivity contribution in [2.75, 3.05) is 5.73 Å². The second-order valence-electron chi connectivity index (χ2n) is 6.59. The van der Waals surface area contributed by atoms with Gasteiger partial charge in [0.2, 0.25) is 6.36 Å². The van der Waals surface area contributed by atoms with Gasteiger partial charge in [-0.2, -0.15) is 0 Å². The SMILES string of the molecule is CC(F)Oc1ccc(C(=O)Cc2cc3cc(-c4cnc(N)s4)ccc3cn2)cc1. The number of ketones is 1. The van der Waals surface area contributed by atoms with Gasteiger partial charge >= 0.3 is 0 Å². The Balaban J connectivity index is 1.55. The molecule has 7 heteroatoms. The molecule has 0 radical (unpaired) electrons. The highest BCUT2D eigenvalue weighted by molar-refractivity contribution is 7.18. The smallest absolute Gasteiger partial charge is 0.235 e. The van der Waals surface area contributed by atoms with Gasteiger partial charge in [0.25, 0.3) is 0 Å². The fourth-order valence-corrected chi connectivity index (χ4v) is 3.71. The van der Waals surface area contributed by atoms with E-state index in [0.717, 1.165) is 21.2 Å². The molecule has 2 N–H and O–H groups in total. The van der Waals surface area contributed by atoms with E-state index in [1.807, 2.05) is 24.3 Å². The first-order chi connectivity index (χ1) is 14.0. The van der Waals surface area contributed by atoms with Crippen molar-refractivity contribution in [1.29, 1.82) is 0 Å². The van der Waals surface area contributed by atoms with Gasteiger partial charge in [-0.1, -0.05) is 23.5 Å². The number of carbonyl (C=O) groups is 1. The Kier molecular flexibility index (Phi) is 5.22. The van der Waals surface area contributed by atoms with E-state index in [1.165, 1.54) is 18.3 Å². The molecule has 29 heavy (non-hydrogen) atoms. The number of pyridine rings is 1. The van der Waals surface area contributed by atoms with Crippen molar-refractivity contribution in [3.8, 4) is 16.2 Å². The quantitative estimate of drug-likeness (QED) is 0.452. The third-order valence-electron chi connectivity index (χ3n) is 4.40. The number of nitrogens with zero attached hydrogens (tertiary/aromatic N) is 2. The van der Waals surface area contributed by atoms with E-state index in [9.17, 15) is 9.18 Å². The number of hydrogen-bond donors (Lipinski definition) is 1. The summed E-state index contributed by atoms with van der Waals surface area (Å²) < 4.78 is 17.9. The number of halogens is 1. The number of carbonyl (C=O) groups excluding carboxylic acids is 1. The highest BCUT2D eigenvalue weighted by Gasteiger charge is 2.11. The Bertz CT molecular complexity index is 1170. The van der Waals surface area contributed by atoms with Gasteiger partial charge in [-0.3, -0.25) is 9.78 Å². The molecular formula is C22H18FN3O2S. The molecule has 0 spiro atoms. The van der Waals surface area contributed by atoms with E-state index in [2.05, 4.69) is 9.97 Å². The van der Waals surface area contributed by atoms with Gasteiger partial charge in [-0.15, -0.1) is 0 Å². The number of alkyl halides is 1. The molecule has 1 atom stereocenters. The summed E-state index contributed by atoms with van der Waals surface area (Å²) in [7, 11) is 0. The maximum atomic E-state index is 12.9. The average molecular weight is 407 g/mol. The van der Waals surface area contributed by atoms with E-state index < -0.39 is 6.36 Å². The van der Waals surface area contributed by atoms with Crippen LogP contribution in [0, 0.1) is 0 Å². The predicted molar refractivity (Wildman–Crippen MR) is 113 cm³/mol. The largest absolute Gasteiger partial charge is 0.461 e. The topological polar surface area (TPSA) is 78.1 Å². The summed E-state index contributed by atoms with van der Waals surface area (Å²) in [5.41, 5.74) is 7.96. The van der Waals surface area contributed by atoms with Crippen LogP contribution >= 0.6 is 11.3 Å². The summed E-state index contributed by atoms with van der Waals surface area (Å²) in [5, 5.41) is 2.51. The first-order valence-electron chi connectivity index (χ1n) is 9.02. The number of anilines is 1. The van der Waals surface area contributed by atoms with Crippen LogP contribution < -0.4 is 10.5 Å². The van der Waals surface area contributed by atoms with E-state index in [-0.39, 0.29) is 12.2 Å². The standard InChI is InChI=1S/C22H18FN3O2S/c1-13(23)28-19-6-4-14(5-7-19)20(27)10-18-9-17-8-15(2-3-16(17)11-25-18)21-12-26-22(24)29-21/h2-9,11-13H,10H2,1H3,(H2,24,26). The molecule has 4 aromatic rings. The lowest BCUT2D eigenvalue weighted by Crippen LogP contribution is -2.06. The molecule has 0 bridgehead atoms. The number of ether oxygens (including phenoxy) is 1. The van der Waals surface area contributed by atoms with Crippen LogP contribution in [0.2, 0.25) is 0 Å². The molecule has 1 unspecified atom stereocenters. The van der Waals surface area contributed by atoms with Crippen molar-refractivity contribution in [2.45, 2.75) is 19.7 Å². The van der Waals surface area contributed by atoms with Gasteiger partial charge in [0.05, 0.1) is 11.3 Å². The second kappa shape index (κ2) is 7.97. The fraction of sp³-hybridized carbons (Fsp3) is 0.136. The Morgan fingerprint density at radius 1 is 1.10 bits per heavy atom. The number of hydrogen-bond acceptors (Lipinski definition) is 6. The molecule has 0 aliphatic heterocycles. The van der Waals surface area contributed by atoms with Crippen LogP contribution in [0.5, 0.6) is 5.75 Å². The number of Topliss-reactive ketones (excluding diaryl/α,β-unsaturated/α-hetero) is 1. The Hall–Kier alpha value is -3.32. The van der Waals surface area contributed by atoms with Crippen LogP contribution in [-0.2, 0) is 6.42 Å². The minimum Gasteiger partial charge on any atom is -0.461 e. The zero-order valence-corrected chi connectivity index (χ0v) is 16.4. The van der Waals surface area contributed by atoms with Gasteiger partial charge in [-0.05, 0) is 47.3 Å². The van der Waals surface area contributed by atoms with Crippen molar-refractivity contribution in [3.63, 3.8) is 0 Å². The van der Waals surface area contributed by atoms with Crippen molar-refractivity contribution < 1.29 is 13.9 Å². The summed E-state index contributed by atoms with van der Waals surface area (Å²) in [4.78, 5) is 22.1. The maximum absolute atomic E-state index is 12.9. The Morgan fingerprint density at radius 2 is 1.90 bits per heavy atom. The number of aromatic nitrogens is 2. The van der Waals surface area contributed by atoms with Crippen molar-refractivity contribution >= 4 is 33.0 Å². The molecule has 2 aromatic heterocycles. The third kappa shape index (κ3) is 4.41. The summed E-state index contributed by atoms with van der Waals surface area (Å²) in [6.45, 7) is 1.31. The van der Waals surface area contributed by atoms with Crippen LogP contribution in [0.1, 0.15) is 23.0 Å². The first-order valence-corrected chi connectivity index (χ1v) is 9.84. The van der Waals surface area contributed by atoms with Crippen molar-refractivity contribution in [2.24, 2.45) is 0 Å². The maximum Gasteiger partial charge on any atom is 0.235 e. The third-order valence-corrected chi connectivity index (χ3v) is 5.28. The van der Waals surface area contributed by atoms with E-state index >= 15 is 0 Å². The Morgan fingerprint density at radius 3 is 2.59 bits per heavy atom. The highest BCUT2D eigenvalue weighted by Crippen LogP contribution is 2.30. The van der Waals surface area contributed by atoms with E-state index in [4.69, 9.17) is 10.5 Å². The van der Waals surface area contributed by atoms with Gasteiger partial charge in [-0.25, -0.2) is 9.37 Å². The van der Waals surface area contributed by atoms with Gasteiger partial charge in [0.15, 0.2) is 10.9 Å². The molecule has 0 amide bonds. The number of nitrogen functional groups attached to an aromatic ring is 1. The number of fused-ring (bicyclic) bond motifs is 1. The predicted octanol–water partition coefficient (Wildman–Crippen LogP) is 5.06. The van der Waals surface area contributed by atoms with Crippen LogP contribution in [0.3, 0.4) is 0 Å². The monoisotopic (exact) mass is 407 g/mol. The van der Waals surface area contributed by atoms with Gasteiger partial charge in [0, 0.05) is 36.0 Å². The first kappa shape index (κ1) is 19.0. The molecule has 146 valence electrons. The number of benzene rings is 2. The van der Waals surface area contributed by atoms with Crippen molar-refractivity contribution in [1.82, 2.24) is 9.97 Å². The highest BCUT2D eigenvalue weighted by atomic mass is 32.1. The molecule has 2 aromatic carbocycles. The minimum atomic E-state index is -1.40. The van der Waals surface area contributed by atoms with Gasteiger partial charge in [0.1, 0.15) is 5.75 Å². The summed E-state index contributed by atoms with van der Waals surface area (Å²) in [6, 6.07) is 14.4. The molecule has 0 saturated carbocycles. The zero-order valence-electron chi connectivity index (χ0n) is 15.6. The molecule has 0 saturated heterocycles. The fourth-order valence-electron chi connectivity index (χ4n) is 3.03. The molecule has 0 fully saturated rings. The minimum absolute atomic E-state index is 0.0666. The van der Waals surface area contributed by atoms with Crippen LogP contribution in [0.15, 0.2) is 60.9 Å². The number of nitrogens with two attached hydrogens (primary N) is 1. The molecule has 2 heterocycles. The van der Waals surface area contributed by atoms with Crippen molar-refractivity contribution in [3.05, 3.63) is 72.2 Å². The molecule has 0 aliphatic carbocycles. The van der Waals surface area contributed by atoms with Crippen LogP contribution in [-0.4, -0.2) is 22.1 Å². The summed E-state index contributed by atoms with van der Waals surface area (Å²) >= 11 is 1.43. The second-order valence-corrected chi connectivity index (χ2v) is 7.65. The number of rotatable bonds is 6. The van der Waals surface area contributed by atoms with Crippen LogP contribution in [0.25, 0.3) is 21.2 Å². The Labute approximate surface area is 171 Å². The molecule has 4 rings (SSSR count). The zero-order chi connectivity index (χ0) is 20.4. The van der Waals surface area contributed by atoms with E-state index in [0.29, 0.717) is 22.1 Å². The lowest BCUT2D eigenvalue weighted by Gasteiger charge is -2.08. The average Bonchev–Trinajstić information content (AvgIpc) is 3.14. The molecule has 0 aliphatic rings. The van der Waals surface area contributed by atoms with Gasteiger partial charge < -0.3 is 10.5 Å². The van der Waals surface area contributed by atoms with E-state index in [1.54, 1.807) is 36.7 Å². The number of thiazole rings is 1. The summed E-state index contributed by atoms with van der Waals surface area (Å²) in [5.74, 6) is 0.319. The lowest BCUT2D eigenvalue weighted by molar-refractivity contribution is 0.0860. The summed E-state index contributed by atoms with van der Waals surface area (Å²) in [6.07, 6.45) is 2.30. The normalized spacial score (nSPS) is 12.1. The van der Waals surface area contributed by atoms with Crippen LogP contribution in [0.4, 0.5) is 9.52 Å². The molecule has 5 nitrogen and oxygen atoms in total.